The second-order valence-corrected chi connectivity index (χ2v) is 9.76. The molecule has 0 aliphatic heterocycles. The predicted octanol–water partition coefficient (Wildman–Crippen LogP) is 9.36. The van der Waals surface area contributed by atoms with Gasteiger partial charge < -0.3 is 0 Å². The lowest BCUT2D eigenvalue weighted by molar-refractivity contribution is 1.07. The SMILES string of the molecule is c1ccc(-c2ccc(-c3nc(-c4ccccc4)nc(-c4cccc(-c5ccc6ccccc6c5)c4)n3)cc2)cc1. The van der Waals surface area contributed by atoms with Crippen molar-refractivity contribution >= 4 is 10.8 Å². The predicted molar refractivity (Wildman–Crippen MR) is 165 cm³/mol. The average Bonchev–Trinajstić information content (AvgIpc) is 3.05. The van der Waals surface area contributed by atoms with Crippen LogP contribution in [0.2, 0.25) is 0 Å². The highest BCUT2D eigenvalue weighted by Crippen LogP contribution is 2.30. The molecular formula is C37H25N3. The van der Waals surface area contributed by atoms with Gasteiger partial charge in [0.25, 0.3) is 0 Å². The molecule has 3 heteroatoms. The summed E-state index contributed by atoms with van der Waals surface area (Å²) in [5, 5.41) is 2.45. The van der Waals surface area contributed by atoms with Crippen molar-refractivity contribution in [3.8, 4) is 56.4 Å². The van der Waals surface area contributed by atoms with E-state index in [1.54, 1.807) is 0 Å². The zero-order valence-electron chi connectivity index (χ0n) is 21.8. The van der Waals surface area contributed by atoms with E-state index in [0.717, 1.165) is 33.4 Å². The zero-order chi connectivity index (χ0) is 26.7. The first-order valence-corrected chi connectivity index (χ1v) is 13.4. The van der Waals surface area contributed by atoms with E-state index < -0.39 is 0 Å². The first-order valence-electron chi connectivity index (χ1n) is 13.4. The smallest absolute Gasteiger partial charge is 0.164 e. The summed E-state index contributed by atoms with van der Waals surface area (Å²) >= 11 is 0. The molecule has 0 fully saturated rings. The molecule has 0 spiro atoms. The third kappa shape index (κ3) is 4.77. The van der Waals surface area contributed by atoms with Crippen LogP contribution in [0.25, 0.3) is 67.2 Å². The fourth-order valence-electron chi connectivity index (χ4n) is 5.00. The van der Waals surface area contributed by atoms with Gasteiger partial charge in [-0.3, -0.25) is 0 Å². The second-order valence-electron chi connectivity index (χ2n) is 9.76. The zero-order valence-corrected chi connectivity index (χ0v) is 21.8. The third-order valence-electron chi connectivity index (χ3n) is 7.12. The summed E-state index contributed by atoms with van der Waals surface area (Å²) in [4.78, 5) is 14.8. The fraction of sp³-hybridized carbons (Fsp3) is 0. The van der Waals surface area contributed by atoms with Gasteiger partial charge in [0, 0.05) is 16.7 Å². The van der Waals surface area contributed by atoms with Crippen molar-refractivity contribution < 1.29 is 0 Å². The summed E-state index contributed by atoms with van der Waals surface area (Å²) in [6, 6.07) is 52.3. The average molecular weight is 512 g/mol. The lowest BCUT2D eigenvalue weighted by Crippen LogP contribution is -2.00. The van der Waals surface area contributed by atoms with Crippen LogP contribution in [-0.2, 0) is 0 Å². The molecule has 3 nitrogen and oxygen atoms in total. The van der Waals surface area contributed by atoms with Crippen LogP contribution in [0.5, 0.6) is 0 Å². The summed E-state index contributed by atoms with van der Waals surface area (Å²) in [5.74, 6) is 1.96. The quantitative estimate of drug-likeness (QED) is 0.231. The Morgan fingerprint density at radius 1 is 0.250 bits per heavy atom. The minimum absolute atomic E-state index is 0.652. The Hall–Kier alpha value is -5.41. The molecule has 0 saturated carbocycles. The van der Waals surface area contributed by atoms with E-state index in [9.17, 15) is 0 Å². The van der Waals surface area contributed by atoms with Crippen LogP contribution >= 0.6 is 0 Å². The van der Waals surface area contributed by atoms with E-state index >= 15 is 0 Å². The molecule has 1 heterocycles. The molecule has 1 aromatic heterocycles. The molecule has 7 aromatic rings. The summed E-state index contributed by atoms with van der Waals surface area (Å²) in [6.45, 7) is 0. The summed E-state index contributed by atoms with van der Waals surface area (Å²) in [7, 11) is 0. The van der Waals surface area contributed by atoms with Crippen molar-refractivity contribution in [3.63, 3.8) is 0 Å². The topological polar surface area (TPSA) is 38.7 Å². The van der Waals surface area contributed by atoms with E-state index in [1.807, 2.05) is 36.4 Å². The Labute approximate surface area is 233 Å². The van der Waals surface area contributed by atoms with Crippen LogP contribution in [0.3, 0.4) is 0 Å². The summed E-state index contributed by atoms with van der Waals surface area (Å²) in [5.41, 5.74) is 7.48. The normalized spacial score (nSPS) is 11.0. The standard InChI is InChI=1S/C37H25N3/c1-3-10-26(11-4-1)28-18-21-30(22-19-28)36-38-35(29-13-5-2-6-14-29)39-37(40-36)34-17-9-16-32(25-34)33-23-20-27-12-7-8-15-31(27)24-33/h1-25H. The van der Waals surface area contributed by atoms with E-state index in [4.69, 9.17) is 15.0 Å². The molecule has 0 aliphatic carbocycles. The molecule has 0 bridgehead atoms. The largest absolute Gasteiger partial charge is 0.208 e. The first kappa shape index (κ1) is 23.7. The van der Waals surface area contributed by atoms with E-state index in [1.165, 1.54) is 16.3 Å². The molecular weight excluding hydrogens is 486 g/mol. The molecule has 0 saturated heterocycles. The van der Waals surface area contributed by atoms with Crippen molar-refractivity contribution in [1.29, 1.82) is 0 Å². The minimum Gasteiger partial charge on any atom is -0.208 e. The third-order valence-corrected chi connectivity index (χ3v) is 7.12. The van der Waals surface area contributed by atoms with Crippen molar-refractivity contribution in [1.82, 2.24) is 15.0 Å². The number of hydrogen-bond donors (Lipinski definition) is 0. The monoisotopic (exact) mass is 511 g/mol. The van der Waals surface area contributed by atoms with Crippen LogP contribution in [-0.4, -0.2) is 15.0 Å². The number of aromatic nitrogens is 3. The van der Waals surface area contributed by atoms with Gasteiger partial charge in [-0.1, -0.05) is 140 Å². The van der Waals surface area contributed by atoms with Crippen molar-refractivity contribution in [2.45, 2.75) is 0 Å². The van der Waals surface area contributed by atoms with Gasteiger partial charge in [-0.05, 0) is 45.2 Å². The number of hydrogen-bond acceptors (Lipinski definition) is 3. The lowest BCUT2D eigenvalue weighted by atomic mass is 9.99. The van der Waals surface area contributed by atoms with Crippen LogP contribution < -0.4 is 0 Å². The lowest BCUT2D eigenvalue weighted by Gasteiger charge is -2.10. The highest BCUT2D eigenvalue weighted by atomic mass is 15.0. The number of nitrogens with zero attached hydrogens (tertiary/aromatic N) is 3. The van der Waals surface area contributed by atoms with Gasteiger partial charge in [0.1, 0.15) is 0 Å². The number of benzene rings is 6. The van der Waals surface area contributed by atoms with Gasteiger partial charge in [0.05, 0.1) is 0 Å². The summed E-state index contributed by atoms with van der Waals surface area (Å²) < 4.78 is 0. The number of fused-ring (bicyclic) bond motifs is 1. The fourth-order valence-corrected chi connectivity index (χ4v) is 5.00. The molecule has 0 aliphatic rings. The van der Waals surface area contributed by atoms with Gasteiger partial charge >= 0.3 is 0 Å². The molecule has 7 rings (SSSR count). The molecule has 0 N–H and O–H groups in total. The second kappa shape index (κ2) is 10.4. The van der Waals surface area contributed by atoms with Gasteiger partial charge in [0.15, 0.2) is 17.5 Å². The highest BCUT2D eigenvalue weighted by Gasteiger charge is 2.13. The number of rotatable bonds is 5. The van der Waals surface area contributed by atoms with Gasteiger partial charge in [0.2, 0.25) is 0 Å². The maximum absolute atomic E-state index is 4.96. The Morgan fingerprint density at radius 3 is 1.38 bits per heavy atom. The van der Waals surface area contributed by atoms with Crippen LogP contribution in [0.15, 0.2) is 152 Å². The Balaban J connectivity index is 1.32. The Bertz CT molecular complexity index is 1930. The van der Waals surface area contributed by atoms with Crippen LogP contribution in [0.4, 0.5) is 0 Å². The molecule has 188 valence electrons. The summed E-state index contributed by atoms with van der Waals surface area (Å²) in [6.07, 6.45) is 0. The molecule has 0 amide bonds. The minimum atomic E-state index is 0.652. The highest BCUT2D eigenvalue weighted by molar-refractivity contribution is 5.87. The van der Waals surface area contributed by atoms with E-state index in [2.05, 4.69) is 115 Å². The first-order chi connectivity index (χ1) is 19.8. The molecule has 0 atom stereocenters. The molecule has 40 heavy (non-hydrogen) atoms. The van der Waals surface area contributed by atoms with Gasteiger partial charge in [-0.25, -0.2) is 15.0 Å². The van der Waals surface area contributed by atoms with E-state index in [0.29, 0.717) is 17.5 Å². The van der Waals surface area contributed by atoms with Gasteiger partial charge in [-0.15, -0.1) is 0 Å². The van der Waals surface area contributed by atoms with Crippen molar-refractivity contribution in [3.05, 3.63) is 152 Å². The van der Waals surface area contributed by atoms with Crippen molar-refractivity contribution in [2.75, 3.05) is 0 Å². The molecule has 6 aromatic carbocycles. The maximum Gasteiger partial charge on any atom is 0.164 e. The van der Waals surface area contributed by atoms with Crippen LogP contribution in [0, 0.1) is 0 Å². The Morgan fingerprint density at radius 2 is 0.675 bits per heavy atom. The molecule has 0 unspecified atom stereocenters. The van der Waals surface area contributed by atoms with Crippen LogP contribution in [0.1, 0.15) is 0 Å². The van der Waals surface area contributed by atoms with E-state index in [-0.39, 0.29) is 0 Å². The Kier molecular flexibility index (Phi) is 6.15. The maximum atomic E-state index is 4.96. The van der Waals surface area contributed by atoms with Crippen molar-refractivity contribution in [2.24, 2.45) is 0 Å². The molecule has 0 radical (unpaired) electrons. The van der Waals surface area contributed by atoms with Gasteiger partial charge in [-0.2, -0.15) is 0 Å².